The van der Waals surface area contributed by atoms with Gasteiger partial charge in [0.1, 0.15) is 0 Å². The molecular weight excluding hydrogens is 540 g/mol. The van der Waals surface area contributed by atoms with Crippen LogP contribution in [0.15, 0.2) is 49.1 Å². The van der Waals surface area contributed by atoms with Crippen molar-refractivity contribution < 1.29 is 18.6 Å². The second-order valence-electron chi connectivity index (χ2n) is 13.0. The summed E-state index contributed by atoms with van der Waals surface area (Å²) in [5.74, 6) is 1.94. The summed E-state index contributed by atoms with van der Waals surface area (Å²) >= 11 is 0. The first-order valence-corrected chi connectivity index (χ1v) is 19.1. The summed E-state index contributed by atoms with van der Waals surface area (Å²) in [6, 6.07) is 8.34. The van der Waals surface area contributed by atoms with E-state index in [2.05, 4.69) is 72.0 Å². The standard InChI is InChI=1S/C40H70N2O2/c1-3-5-7-9-11-13-15-17-19-21-23-25-35-43-39-29-27-31-41(37-39)33-34-42-32-28-30-40(38-42)44-36-26-24-22-20-18-16-14-12-10-8-6-4-2/h27-32,37-38H,3-26,33-36H2,1-2H3/q+2. The topological polar surface area (TPSA) is 26.2 Å². The van der Waals surface area contributed by atoms with Gasteiger partial charge in [0.05, 0.1) is 13.2 Å². The van der Waals surface area contributed by atoms with Gasteiger partial charge in [0, 0.05) is 12.1 Å². The molecule has 2 aromatic rings. The zero-order valence-electron chi connectivity index (χ0n) is 29.1. The van der Waals surface area contributed by atoms with Crippen molar-refractivity contribution in [2.75, 3.05) is 13.2 Å². The minimum atomic E-state index is 0.814. The highest BCUT2D eigenvalue weighted by Gasteiger charge is 2.10. The van der Waals surface area contributed by atoms with E-state index in [-0.39, 0.29) is 0 Å². The third-order valence-corrected chi connectivity index (χ3v) is 8.81. The average Bonchev–Trinajstić information content (AvgIpc) is 3.05. The van der Waals surface area contributed by atoms with Gasteiger partial charge in [0.15, 0.2) is 23.9 Å². The van der Waals surface area contributed by atoms with Crippen LogP contribution in [0.2, 0.25) is 0 Å². The fraction of sp³-hybridized carbons (Fsp3) is 0.750. The molecule has 0 aromatic carbocycles. The number of pyridine rings is 2. The van der Waals surface area contributed by atoms with Crippen molar-refractivity contribution in [3.63, 3.8) is 0 Å². The zero-order valence-corrected chi connectivity index (χ0v) is 29.1. The molecule has 0 saturated heterocycles. The molecule has 0 radical (unpaired) electrons. The normalized spacial score (nSPS) is 11.2. The van der Waals surface area contributed by atoms with Gasteiger partial charge in [-0.05, 0) is 25.0 Å². The first-order valence-electron chi connectivity index (χ1n) is 19.1. The lowest BCUT2D eigenvalue weighted by Gasteiger charge is -2.06. The highest BCUT2D eigenvalue weighted by Crippen LogP contribution is 2.14. The van der Waals surface area contributed by atoms with E-state index in [0.717, 1.165) is 50.6 Å². The Morgan fingerprint density at radius 2 is 0.705 bits per heavy atom. The van der Waals surface area contributed by atoms with Crippen LogP contribution in [0, 0.1) is 0 Å². The second-order valence-corrected chi connectivity index (χ2v) is 13.0. The largest absolute Gasteiger partial charge is 0.487 e. The quantitative estimate of drug-likeness (QED) is 0.0627. The molecule has 0 atom stereocenters. The van der Waals surface area contributed by atoms with Crippen LogP contribution in [-0.2, 0) is 13.1 Å². The molecule has 0 bridgehead atoms. The van der Waals surface area contributed by atoms with Crippen molar-refractivity contribution in [3.05, 3.63) is 49.1 Å². The Balaban J connectivity index is 1.48. The van der Waals surface area contributed by atoms with Crippen LogP contribution in [0.5, 0.6) is 11.5 Å². The number of hydrogen-bond acceptors (Lipinski definition) is 2. The van der Waals surface area contributed by atoms with Gasteiger partial charge in [0.2, 0.25) is 25.5 Å². The minimum Gasteiger partial charge on any atom is -0.487 e. The summed E-state index contributed by atoms with van der Waals surface area (Å²) in [5, 5.41) is 0. The molecule has 44 heavy (non-hydrogen) atoms. The summed E-state index contributed by atoms with van der Waals surface area (Å²) in [6.07, 6.45) is 41.4. The summed E-state index contributed by atoms with van der Waals surface area (Å²) in [7, 11) is 0. The number of ether oxygens (including phenoxy) is 2. The molecule has 4 heteroatoms. The van der Waals surface area contributed by atoms with E-state index in [9.17, 15) is 0 Å². The molecular formula is C40H70N2O2+2. The molecule has 0 unspecified atom stereocenters. The first-order chi connectivity index (χ1) is 21.8. The molecule has 0 amide bonds. The third-order valence-electron chi connectivity index (χ3n) is 8.81. The van der Waals surface area contributed by atoms with Crippen molar-refractivity contribution in [2.45, 2.75) is 181 Å². The maximum absolute atomic E-state index is 6.07. The predicted molar refractivity (Wildman–Crippen MR) is 186 cm³/mol. The molecule has 0 spiro atoms. The Hall–Kier alpha value is -2.10. The second kappa shape index (κ2) is 28.4. The van der Waals surface area contributed by atoms with Gasteiger partial charge in [0.25, 0.3) is 0 Å². The van der Waals surface area contributed by atoms with Crippen molar-refractivity contribution in [1.29, 1.82) is 0 Å². The first kappa shape index (κ1) is 38.1. The van der Waals surface area contributed by atoms with Crippen molar-refractivity contribution in [3.8, 4) is 11.5 Å². The lowest BCUT2D eigenvalue weighted by Crippen LogP contribution is -2.43. The molecule has 0 N–H and O–H groups in total. The van der Waals surface area contributed by atoms with Crippen LogP contribution in [-0.4, -0.2) is 13.2 Å². The highest BCUT2D eigenvalue weighted by molar-refractivity contribution is 5.13. The van der Waals surface area contributed by atoms with E-state index >= 15 is 0 Å². The zero-order chi connectivity index (χ0) is 31.2. The third kappa shape index (κ3) is 21.6. The monoisotopic (exact) mass is 611 g/mol. The van der Waals surface area contributed by atoms with Crippen LogP contribution < -0.4 is 18.6 Å². The van der Waals surface area contributed by atoms with Gasteiger partial charge in [-0.15, -0.1) is 0 Å². The SMILES string of the molecule is CCCCCCCCCCCCCCOc1ccc[n+](CC[n+]2cccc(OCCCCCCCCCCCCCC)c2)c1. The fourth-order valence-electron chi connectivity index (χ4n) is 5.94. The van der Waals surface area contributed by atoms with E-state index in [1.54, 1.807) is 0 Å². The molecule has 2 heterocycles. The van der Waals surface area contributed by atoms with Gasteiger partial charge >= 0.3 is 0 Å². The van der Waals surface area contributed by atoms with Gasteiger partial charge in [-0.2, -0.15) is 9.13 Å². The summed E-state index contributed by atoms with van der Waals surface area (Å²) in [6.45, 7) is 8.02. The van der Waals surface area contributed by atoms with E-state index < -0.39 is 0 Å². The summed E-state index contributed by atoms with van der Waals surface area (Å²) in [5.41, 5.74) is 0. The molecule has 250 valence electrons. The van der Waals surface area contributed by atoms with Crippen LogP contribution in [0.25, 0.3) is 0 Å². The van der Waals surface area contributed by atoms with E-state index in [1.165, 1.54) is 141 Å². The smallest absolute Gasteiger partial charge is 0.211 e. The van der Waals surface area contributed by atoms with Crippen LogP contribution in [0.1, 0.15) is 168 Å². The Morgan fingerprint density at radius 3 is 1.02 bits per heavy atom. The van der Waals surface area contributed by atoms with Crippen LogP contribution >= 0.6 is 0 Å². The molecule has 0 saturated carbocycles. The van der Waals surface area contributed by atoms with Crippen LogP contribution in [0.3, 0.4) is 0 Å². The summed E-state index contributed by atoms with van der Waals surface area (Å²) in [4.78, 5) is 0. The average molecular weight is 611 g/mol. The molecule has 4 nitrogen and oxygen atoms in total. The lowest BCUT2D eigenvalue weighted by molar-refractivity contribution is -0.778. The number of aromatic nitrogens is 2. The number of nitrogens with zero attached hydrogens (tertiary/aromatic N) is 2. The minimum absolute atomic E-state index is 0.814. The van der Waals surface area contributed by atoms with Gasteiger partial charge < -0.3 is 9.47 Å². The van der Waals surface area contributed by atoms with Gasteiger partial charge in [-0.1, -0.05) is 155 Å². The maximum atomic E-state index is 6.07. The Kier molecular flexibility index (Phi) is 24.6. The Morgan fingerprint density at radius 1 is 0.409 bits per heavy atom. The molecule has 0 fully saturated rings. The molecule has 0 aliphatic carbocycles. The number of hydrogen-bond donors (Lipinski definition) is 0. The Labute approximate surface area is 273 Å². The van der Waals surface area contributed by atoms with E-state index in [0.29, 0.717) is 0 Å². The number of aryl methyl sites for hydroxylation is 2. The van der Waals surface area contributed by atoms with E-state index in [4.69, 9.17) is 9.47 Å². The predicted octanol–water partition coefficient (Wildman–Crippen LogP) is 11.1. The number of rotatable bonds is 31. The molecule has 2 rings (SSSR count). The van der Waals surface area contributed by atoms with Gasteiger partial charge in [-0.3, -0.25) is 0 Å². The van der Waals surface area contributed by atoms with E-state index in [1.807, 2.05) is 0 Å². The van der Waals surface area contributed by atoms with Crippen molar-refractivity contribution in [2.24, 2.45) is 0 Å². The fourth-order valence-corrected chi connectivity index (χ4v) is 5.94. The molecule has 2 aromatic heterocycles. The molecule has 0 aliphatic heterocycles. The Bertz CT molecular complexity index is 829. The summed E-state index contributed by atoms with van der Waals surface area (Å²) < 4.78 is 16.6. The van der Waals surface area contributed by atoms with Crippen LogP contribution in [0.4, 0.5) is 0 Å². The van der Waals surface area contributed by atoms with Crippen molar-refractivity contribution >= 4 is 0 Å². The molecule has 0 aliphatic rings. The van der Waals surface area contributed by atoms with Crippen molar-refractivity contribution in [1.82, 2.24) is 0 Å². The maximum Gasteiger partial charge on any atom is 0.211 e. The highest BCUT2D eigenvalue weighted by atomic mass is 16.5. The number of unbranched alkanes of at least 4 members (excludes halogenated alkanes) is 22. The van der Waals surface area contributed by atoms with Gasteiger partial charge in [-0.25, -0.2) is 0 Å². The lowest BCUT2D eigenvalue weighted by atomic mass is 10.1.